The van der Waals surface area contributed by atoms with Gasteiger partial charge in [0.15, 0.2) is 0 Å². The Morgan fingerprint density at radius 3 is 2.31 bits per heavy atom. The summed E-state index contributed by atoms with van der Waals surface area (Å²) in [5, 5.41) is 0. The average Bonchev–Trinajstić information content (AvgIpc) is 2.30. The van der Waals surface area contributed by atoms with E-state index in [2.05, 4.69) is 0 Å². The zero-order chi connectivity index (χ0) is 11.2. The number of halogens is 1. The van der Waals surface area contributed by atoms with Gasteiger partial charge in [-0.15, -0.1) is 0 Å². The second-order valence-electron chi connectivity index (χ2n) is 4.74. The summed E-state index contributed by atoms with van der Waals surface area (Å²) >= 11 is 0. The highest BCUT2D eigenvalue weighted by Gasteiger charge is 2.51. The largest absolute Gasteiger partial charge is 0.323 e. The van der Waals surface area contributed by atoms with Crippen LogP contribution in [0.15, 0.2) is 24.3 Å². The molecule has 86 valence electrons. The molecule has 2 bridgehead atoms. The molecule has 0 aliphatic carbocycles. The molecule has 1 aromatic carbocycles. The second-order valence-corrected chi connectivity index (χ2v) is 4.74. The van der Waals surface area contributed by atoms with Gasteiger partial charge in [-0.1, -0.05) is 19.1 Å². The molecule has 16 heavy (non-hydrogen) atoms. The molecule has 0 radical (unpaired) electrons. The normalized spacial score (nSPS) is 37.6. The first-order chi connectivity index (χ1) is 7.62. The van der Waals surface area contributed by atoms with Crippen LogP contribution < -0.4 is 0 Å². The van der Waals surface area contributed by atoms with Crippen molar-refractivity contribution in [1.82, 2.24) is 0 Å². The van der Waals surface area contributed by atoms with Crippen molar-refractivity contribution in [2.75, 3.05) is 19.8 Å². The quantitative estimate of drug-likeness (QED) is 0.730. The summed E-state index contributed by atoms with van der Waals surface area (Å²) in [7, 11) is 0. The van der Waals surface area contributed by atoms with Crippen molar-refractivity contribution in [1.29, 1.82) is 0 Å². The first-order valence-corrected chi connectivity index (χ1v) is 5.30. The van der Waals surface area contributed by atoms with E-state index in [4.69, 9.17) is 14.2 Å². The highest BCUT2D eigenvalue weighted by Crippen LogP contribution is 2.43. The fourth-order valence-corrected chi connectivity index (χ4v) is 1.99. The molecular formula is C12H13FO3. The molecule has 3 saturated heterocycles. The zero-order valence-electron chi connectivity index (χ0n) is 9.03. The molecule has 0 atom stereocenters. The van der Waals surface area contributed by atoms with Crippen LogP contribution in [0, 0.1) is 11.2 Å². The van der Waals surface area contributed by atoms with E-state index < -0.39 is 5.97 Å². The van der Waals surface area contributed by atoms with Crippen LogP contribution in [0.1, 0.15) is 12.5 Å². The lowest BCUT2D eigenvalue weighted by molar-refractivity contribution is -0.477. The monoisotopic (exact) mass is 224 g/mol. The number of benzene rings is 1. The molecule has 0 saturated carbocycles. The zero-order valence-corrected chi connectivity index (χ0v) is 9.03. The smallest absolute Gasteiger partial charge is 0.312 e. The maximum atomic E-state index is 13.2. The molecule has 0 aromatic heterocycles. The van der Waals surface area contributed by atoms with Gasteiger partial charge in [0.25, 0.3) is 0 Å². The predicted molar refractivity (Wildman–Crippen MR) is 54.0 cm³/mol. The van der Waals surface area contributed by atoms with Crippen molar-refractivity contribution in [3.8, 4) is 0 Å². The van der Waals surface area contributed by atoms with Crippen molar-refractivity contribution in [2.24, 2.45) is 5.41 Å². The molecule has 3 aliphatic heterocycles. The van der Waals surface area contributed by atoms with E-state index in [1.54, 1.807) is 12.1 Å². The second kappa shape index (κ2) is 3.26. The van der Waals surface area contributed by atoms with Crippen LogP contribution in [-0.2, 0) is 20.2 Å². The Bertz CT molecular complexity index is 394. The number of ether oxygens (including phenoxy) is 3. The molecule has 0 amide bonds. The molecule has 0 unspecified atom stereocenters. The Kier molecular flexibility index (Phi) is 2.08. The predicted octanol–water partition coefficient (Wildman–Crippen LogP) is 2.02. The molecule has 0 spiro atoms. The Morgan fingerprint density at radius 2 is 1.75 bits per heavy atom. The van der Waals surface area contributed by atoms with Gasteiger partial charge in [-0.05, 0) is 12.1 Å². The fraction of sp³-hybridized carbons (Fsp3) is 0.500. The summed E-state index contributed by atoms with van der Waals surface area (Å²) in [6, 6.07) is 6.14. The highest BCUT2D eigenvalue weighted by molar-refractivity contribution is 5.20. The first kappa shape index (κ1) is 10.2. The third-order valence-corrected chi connectivity index (χ3v) is 3.01. The Labute approximate surface area is 93.1 Å². The summed E-state index contributed by atoms with van der Waals surface area (Å²) in [5.41, 5.74) is 0.504. The van der Waals surface area contributed by atoms with E-state index in [9.17, 15) is 4.39 Å². The number of hydrogen-bond donors (Lipinski definition) is 0. The topological polar surface area (TPSA) is 27.7 Å². The molecule has 3 fully saturated rings. The van der Waals surface area contributed by atoms with Gasteiger partial charge in [0, 0.05) is 11.0 Å². The molecule has 3 aliphatic rings. The van der Waals surface area contributed by atoms with Gasteiger partial charge >= 0.3 is 5.97 Å². The number of hydrogen-bond acceptors (Lipinski definition) is 3. The molecule has 3 heterocycles. The van der Waals surface area contributed by atoms with Gasteiger partial charge in [-0.25, -0.2) is 4.39 Å². The summed E-state index contributed by atoms with van der Waals surface area (Å²) in [6.45, 7) is 3.76. The van der Waals surface area contributed by atoms with Crippen LogP contribution in [0.4, 0.5) is 4.39 Å². The molecule has 4 rings (SSSR count). The number of fused-ring (bicyclic) bond motifs is 3. The summed E-state index contributed by atoms with van der Waals surface area (Å²) in [5.74, 6) is -1.51. The van der Waals surface area contributed by atoms with Gasteiger partial charge < -0.3 is 14.2 Å². The Balaban J connectivity index is 1.95. The van der Waals surface area contributed by atoms with Gasteiger partial charge in [-0.3, -0.25) is 0 Å². The molecule has 0 N–H and O–H groups in total. The van der Waals surface area contributed by atoms with E-state index >= 15 is 0 Å². The number of rotatable bonds is 1. The SMILES string of the molecule is CC12COC(c3cccc(F)c3)(OC1)OC2. The fourth-order valence-electron chi connectivity index (χ4n) is 1.99. The van der Waals surface area contributed by atoms with E-state index in [0.717, 1.165) is 0 Å². The van der Waals surface area contributed by atoms with Crippen LogP contribution in [0.25, 0.3) is 0 Å². The summed E-state index contributed by atoms with van der Waals surface area (Å²) < 4.78 is 29.9. The van der Waals surface area contributed by atoms with Crippen LogP contribution in [0.2, 0.25) is 0 Å². The minimum Gasteiger partial charge on any atom is -0.323 e. The van der Waals surface area contributed by atoms with Gasteiger partial charge in [0.05, 0.1) is 19.8 Å². The molecule has 3 nitrogen and oxygen atoms in total. The third-order valence-electron chi connectivity index (χ3n) is 3.01. The van der Waals surface area contributed by atoms with E-state index in [-0.39, 0.29) is 11.2 Å². The minimum atomic E-state index is -1.19. The van der Waals surface area contributed by atoms with E-state index in [1.165, 1.54) is 12.1 Å². The van der Waals surface area contributed by atoms with Crippen molar-refractivity contribution in [2.45, 2.75) is 12.9 Å². The van der Waals surface area contributed by atoms with Crippen LogP contribution >= 0.6 is 0 Å². The molecule has 1 aromatic rings. The minimum absolute atomic E-state index is 0.0743. The lowest BCUT2D eigenvalue weighted by Gasteiger charge is -2.50. The maximum absolute atomic E-state index is 13.2. The standard InChI is InChI=1S/C12H13FO3/c1-11-6-14-12(15-7-11,16-8-11)9-3-2-4-10(13)5-9/h2-5H,6-8H2,1H3. The highest BCUT2D eigenvalue weighted by atomic mass is 19.1. The van der Waals surface area contributed by atoms with Crippen molar-refractivity contribution < 1.29 is 18.6 Å². The lowest BCUT2D eigenvalue weighted by Crippen LogP contribution is -2.57. The van der Waals surface area contributed by atoms with Crippen molar-refractivity contribution in [3.63, 3.8) is 0 Å². The van der Waals surface area contributed by atoms with Crippen LogP contribution in [-0.4, -0.2) is 19.8 Å². The Hall–Kier alpha value is -0.970. The lowest BCUT2D eigenvalue weighted by atomic mass is 9.91. The van der Waals surface area contributed by atoms with Gasteiger partial charge in [0.1, 0.15) is 5.82 Å². The van der Waals surface area contributed by atoms with Crippen molar-refractivity contribution in [3.05, 3.63) is 35.6 Å². The van der Waals surface area contributed by atoms with Gasteiger partial charge in [-0.2, -0.15) is 0 Å². The summed E-state index contributed by atoms with van der Waals surface area (Å²) in [6.07, 6.45) is 0. The molecular weight excluding hydrogens is 211 g/mol. The van der Waals surface area contributed by atoms with Crippen LogP contribution in [0.5, 0.6) is 0 Å². The van der Waals surface area contributed by atoms with Crippen LogP contribution in [0.3, 0.4) is 0 Å². The summed E-state index contributed by atoms with van der Waals surface area (Å²) in [4.78, 5) is 0. The maximum Gasteiger partial charge on any atom is 0.312 e. The van der Waals surface area contributed by atoms with Gasteiger partial charge in [0.2, 0.25) is 0 Å². The van der Waals surface area contributed by atoms with E-state index in [0.29, 0.717) is 25.4 Å². The third kappa shape index (κ3) is 1.45. The molecule has 4 heteroatoms. The first-order valence-electron chi connectivity index (χ1n) is 5.30. The van der Waals surface area contributed by atoms with Crippen molar-refractivity contribution >= 4 is 0 Å². The average molecular weight is 224 g/mol. The Morgan fingerprint density at radius 1 is 1.12 bits per heavy atom. The van der Waals surface area contributed by atoms with E-state index in [1.807, 2.05) is 6.92 Å².